The molecule has 1 fully saturated rings. The van der Waals surface area contributed by atoms with Crippen molar-refractivity contribution >= 4 is 11.7 Å². The number of piperidine rings is 1. The molecule has 1 saturated heterocycles. The molecule has 1 atom stereocenters. The molecule has 0 unspecified atom stereocenters. The van der Waals surface area contributed by atoms with Crippen LogP contribution in [0.4, 0.5) is 14.6 Å². The first-order chi connectivity index (χ1) is 15.4. The molecule has 164 valence electrons. The van der Waals surface area contributed by atoms with Gasteiger partial charge >= 0.3 is 0 Å². The number of nitrogens with zero attached hydrogens (tertiary/aromatic N) is 4. The fraction of sp³-hybridized carbons (Fsp3) is 0.227. The van der Waals surface area contributed by atoms with Gasteiger partial charge in [-0.3, -0.25) is 4.79 Å². The number of hydrogen-bond acceptors (Lipinski definition) is 6. The summed E-state index contributed by atoms with van der Waals surface area (Å²) in [6.07, 6.45) is 3.69. The van der Waals surface area contributed by atoms with E-state index in [0.717, 1.165) is 25.0 Å². The number of aromatic nitrogens is 2. The van der Waals surface area contributed by atoms with Crippen LogP contribution in [-0.2, 0) is 0 Å². The number of ether oxygens (including phenoxy) is 1. The highest BCUT2D eigenvalue weighted by Crippen LogP contribution is 2.33. The van der Waals surface area contributed by atoms with E-state index in [1.165, 1.54) is 6.07 Å². The van der Waals surface area contributed by atoms with Crippen molar-refractivity contribution in [1.29, 1.82) is 5.26 Å². The van der Waals surface area contributed by atoms with E-state index in [2.05, 4.69) is 11.3 Å². The second-order valence-corrected chi connectivity index (χ2v) is 7.46. The molecule has 4 rings (SSSR count). The molecule has 0 spiro atoms. The first-order valence-electron chi connectivity index (χ1n) is 9.93. The van der Waals surface area contributed by atoms with Gasteiger partial charge in [-0.1, -0.05) is 0 Å². The van der Waals surface area contributed by atoms with Gasteiger partial charge in [0.05, 0.1) is 12.6 Å². The average molecular weight is 438 g/mol. The molecule has 10 heteroatoms. The molecule has 0 radical (unpaired) electrons. The summed E-state index contributed by atoms with van der Waals surface area (Å²) < 4.78 is 33.9. The smallest absolute Gasteiger partial charge is 0.254 e. The summed E-state index contributed by atoms with van der Waals surface area (Å²) in [4.78, 5) is 13.8. The molecule has 0 bridgehead atoms. The summed E-state index contributed by atoms with van der Waals surface area (Å²) in [6.45, 7) is 1.11. The van der Waals surface area contributed by atoms with Crippen molar-refractivity contribution in [2.24, 2.45) is 5.73 Å². The van der Waals surface area contributed by atoms with Crippen molar-refractivity contribution < 1.29 is 18.3 Å². The Bertz CT molecular complexity index is 1200. The molecule has 3 aromatic rings. The van der Waals surface area contributed by atoms with Crippen LogP contribution in [-0.4, -0.2) is 33.7 Å². The Hall–Kier alpha value is -4.13. The first kappa shape index (κ1) is 21.1. The number of hydrogen-bond donors (Lipinski definition) is 2. The quantitative estimate of drug-likeness (QED) is 0.589. The van der Waals surface area contributed by atoms with Gasteiger partial charge in [0.15, 0.2) is 17.8 Å². The largest absolute Gasteiger partial charge is 0.454 e. The molecular weight excluding hydrogens is 418 g/mol. The van der Waals surface area contributed by atoms with Gasteiger partial charge in [-0.15, -0.1) is 0 Å². The lowest BCUT2D eigenvalue weighted by molar-refractivity contribution is 0.100. The van der Waals surface area contributed by atoms with Crippen LogP contribution in [0.2, 0.25) is 0 Å². The van der Waals surface area contributed by atoms with Gasteiger partial charge in [0.1, 0.15) is 28.6 Å². The van der Waals surface area contributed by atoms with E-state index in [0.29, 0.717) is 30.1 Å². The summed E-state index contributed by atoms with van der Waals surface area (Å²) in [5.74, 6) is -1.91. The maximum absolute atomic E-state index is 13.8. The Morgan fingerprint density at radius 1 is 1.22 bits per heavy atom. The minimum atomic E-state index is -0.824. The lowest BCUT2D eigenvalue weighted by Gasteiger charge is -2.29. The Kier molecular flexibility index (Phi) is 5.64. The summed E-state index contributed by atoms with van der Waals surface area (Å²) in [7, 11) is 0. The third-order valence-corrected chi connectivity index (χ3v) is 5.33. The van der Waals surface area contributed by atoms with E-state index < -0.39 is 17.5 Å². The van der Waals surface area contributed by atoms with Crippen molar-refractivity contribution in [1.82, 2.24) is 14.7 Å². The molecular formula is C22H20F2N6O2. The van der Waals surface area contributed by atoms with Gasteiger partial charge < -0.3 is 21.1 Å². The summed E-state index contributed by atoms with van der Waals surface area (Å²) >= 11 is 0. The predicted octanol–water partition coefficient (Wildman–Crippen LogP) is 3.42. The van der Waals surface area contributed by atoms with Crippen molar-refractivity contribution in [3.05, 3.63) is 59.7 Å². The number of likely N-dealkylation sites (tertiary alicyclic amines) is 1. The summed E-state index contributed by atoms with van der Waals surface area (Å²) in [5, 5.41) is 13.7. The Balaban J connectivity index is 1.64. The van der Waals surface area contributed by atoms with E-state index in [-0.39, 0.29) is 23.2 Å². The second kappa shape index (κ2) is 8.55. The molecule has 4 N–H and O–H groups in total. The molecule has 1 aliphatic rings. The van der Waals surface area contributed by atoms with Crippen LogP contribution in [0.15, 0.2) is 42.5 Å². The van der Waals surface area contributed by atoms with Crippen molar-refractivity contribution in [2.75, 3.05) is 18.8 Å². The van der Waals surface area contributed by atoms with Crippen molar-refractivity contribution in [3.8, 4) is 28.9 Å². The molecule has 32 heavy (non-hydrogen) atoms. The fourth-order valence-corrected chi connectivity index (χ4v) is 3.78. The van der Waals surface area contributed by atoms with Crippen molar-refractivity contribution in [3.63, 3.8) is 0 Å². The highest BCUT2D eigenvalue weighted by Gasteiger charge is 2.28. The second-order valence-electron chi connectivity index (χ2n) is 7.46. The molecule has 2 aromatic carbocycles. The monoisotopic (exact) mass is 438 g/mol. The minimum absolute atomic E-state index is 0.0947. The highest BCUT2D eigenvalue weighted by molar-refractivity contribution is 6.03. The van der Waals surface area contributed by atoms with Crippen LogP contribution in [0, 0.1) is 23.1 Å². The van der Waals surface area contributed by atoms with Crippen LogP contribution in [0.5, 0.6) is 11.5 Å². The number of carbonyl (C=O) groups is 1. The maximum atomic E-state index is 13.8. The van der Waals surface area contributed by atoms with Gasteiger partial charge in [0.2, 0.25) is 0 Å². The predicted molar refractivity (Wildman–Crippen MR) is 112 cm³/mol. The summed E-state index contributed by atoms with van der Waals surface area (Å²) in [6, 6.07) is 9.26. The molecule has 0 saturated carbocycles. The number of nitriles is 1. The Morgan fingerprint density at radius 3 is 2.62 bits per heavy atom. The zero-order valence-electron chi connectivity index (χ0n) is 17.0. The number of halogens is 2. The number of rotatable bonds is 5. The Morgan fingerprint density at radius 2 is 1.97 bits per heavy atom. The average Bonchev–Trinajstić information content (AvgIpc) is 3.13. The van der Waals surface area contributed by atoms with E-state index in [1.54, 1.807) is 33.8 Å². The number of primary amides is 1. The normalized spacial score (nSPS) is 15.9. The zero-order valence-corrected chi connectivity index (χ0v) is 17.0. The Labute approximate surface area is 182 Å². The van der Waals surface area contributed by atoms with Crippen LogP contribution in [0.25, 0.3) is 11.3 Å². The van der Waals surface area contributed by atoms with E-state index in [9.17, 15) is 18.8 Å². The number of benzene rings is 2. The van der Waals surface area contributed by atoms with Gasteiger partial charge in [-0.25, -0.2) is 13.5 Å². The lowest BCUT2D eigenvalue weighted by Crippen LogP contribution is -2.34. The maximum Gasteiger partial charge on any atom is 0.254 e. The molecule has 1 aliphatic heterocycles. The highest BCUT2D eigenvalue weighted by atomic mass is 19.1. The number of carbonyl (C=O) groups excluding carboxylic acids is 1. The van der Waals surface area contributed by atoms with Crippen LogP contribution >= 0.6 is 0 Å². The third kappa shape index (κ3) is 4.05. The van der Waals surface area contributed by atoms with Crippen LogP contribution in [0.1, 0.15) is 29.2 Å². The minimum Gasteiger partial charge on any atom is -0.454 e. The van der Waals surface area contributed by atoms with Crippen LogP contribution < -0.4 is 16.2 Å². The number of nitrogens with two attached hydrogens (primary N) is 2. The van der Waals surface area contributed by atoms with E-state index in [4.69, 9.17) is 16.2 Å². The standard InChI is InChI=1S/C22H20F2N6O2/c23-14-5-8-18(17(24)10-14)32-16-6-3-13(4-7-16)20-19(22(27)31)21(26)30(28-20)15-2-1-9-29(11-15)12-25/h3-8,10,15H,1-2,9,11,26H2,(H2,27,31)/t15-/m1/s1. The molecule has 2 heterocycles. The van der Waals surface area contributed by atoms with Crippen LogP contribution in [0.3, 0.4) is 0 Å². The van der Waals surface area contributed by atoms with Crippen molar-refractivity contribution in [2.45, 2.75) is 18.9 Å². The molecule has 1 aromatic heterocycles. The van der Waals surface area contributed by atoms with E-state index in [1.807, 2.05) is 0 Å². The molecule has 8 nitrogen and oxygen atoms in total. The molecule has 0 aliphatic carbocycles. The molecule has 1 amide bonds. The number of amides is 1. The van der Waals surface area contributed by atoms with E-state index >= 15 is 0 Å². The third-order valence-electron chi connectivity index (χ3n) is 5.33. The van der Waals surface area contributed by atoms with Gasteiger partial charge in [-0.2, -0.15) is 10.4 Å². The number of anilines is 1. The zero-order chi connectivity index (χ0) is 22.8. The fourth-order valence-electron chi connectivity index (χ4n) is 3.78. The van der Waals surface area contributed by atoms with Gasteiger partial charge in [0.25, 0.3) is 5.91 Å². The lowest BCUT2D eigenvalue weighted by atomic mass is 10.1. The van der Waals surface area contributed by atoms with Gasteiger partial charge in [-0.05, 0) is 49.2 Å². The topological polar surface area (TPSA) is 123 Å². The van der Waals surface area contributed by atoms with Gasteiger partial charge in [0, 0.05) is 18.2 Å². The number of nitrogen functional groups attached to an aromatic ring is 1. The summed E-state index contributed by atoms with van der Waals surface area (Å²) in [5.41, 5.74) is 12.8. The first-order valence-corrected chi connectivity index (χ1v) is 9.93. The SMILES string of the molecule is N#CN1CCC[C@@H](n2nc(-c3ccc(Oc4ccc(F)cc4F)cc3)c(C(N)=O)c2N)C1.